The molecule has 9 nitrogen and oxygen atoms in total. The summed E-state index contributed by atoms with van der Waals surface area (Å²) in [6, 6.07) is 15.7. The highest BCUT2D eigenvalue weighted by molar-refractivity contribution is 5.93. The number of rotatable bonds is 6. The molecule has 1 fully saturated rings. The first-order valence-electron chi connectivity index (χ1n) is 10.7. The van der Waals surface area contributed by atoms with Crippen LogP contribution in [-0.2, 0) is 17.8 Å². The maximum Gasteiger partial charge on any atom is 0.319 e. The number of morpholine rings is 1. The number of carbonyl (C=O) groups is 1. The van der Waals surface area contributed by atoms with Gasteiger partial charge < -0.3 is 20.4 Å². The third-order valence-corrected chi connectivity index (χ3v) is 5.48. The second-order valence-electron chi connectivity index (χ2n) is 7.78. The zero-order valence-corrected chi connectivity index (χ0v) is 17.6. The number of ether oxygens (including phenoxy) is 1. The van der Waals surface area contributed by atoms with Crippen molar-refractivity contribution < 1.29 is 9.53 Å². The van der Waals surface area contributed by atoms with Crippen LogP contribution in [0.5, 0.6) is 0 Å². The SMILES string of the molecule is O=C(NCc1ccccc1)Nc1cn[nH]c1-c1nc2ccc(CN3CCOCC3)cc2[nH]1. The summed E-state index contributed by atoms with van der Waals surface area (Å²) >= 11 is 0. The summed E-state index contributed by atoms with van der Waals surface area (Å²) in [7, 11) is 0. The lowest BCUT2D eigenvalue weighted by atomic mass is 10.2. The Labute approximate surface area is 185 Å². The summed E-state index contributed by atoms with van der Waals surface area (Å²) in [4.78, 5) is 22.8. The number of amides is 2. The largest absolute Gasteiger partial charge is 0.379 e. The number of carbonyl (C=O) groups excluding carboxylic acids is 1. The Balaban J connectivity index is 1.28. The van der Waals surface area contributed by atoms with Gasteiger partial charge in [0.1, 0.15) is 5.69 Å². The zero-order valence-electron chi connectivity index (χ0n) is 17.6. The first kappa shape index (κ1) is 20.2. The van der Waals surface area contributed by atoms with Crippen LogP contribution in [0.3, 0.4) is 0 Å². The second-order valence-corrected chi connectivity index (χ2v) is 7.78. The minimum atomic E-state index is -0.305. The van der Waals surface area contributed by atoms with Crippen LogP contribution in [0.15, 0.2) is 54.7 Å². The number of aromatic nitrogens is 4. The van der Waals surface area contributed by atoms with Crippen molar-refractivity contribution in [3.63, 3.8) is 0 Å². The van der Waals surface area contributed by atoms with Gasteiger partial charge in [-0.05, 0) is 23.3 Å². The molecule has 4 N–H and O–H groups in total. The molecule has 164 valence electrons. The fourth-order valence-electron chi connectivity index (χ4n) is 3.80. The van der Waals surface area contributed by atoms with Gasteiger partial charge in [0, 0.05) is 26.2 Å². The maximum atomic E-state index is 12.4. The van der Waals surface area contributed by atoms with Gasteiger partial charge in [-0.25, -0.2) is 9.78 Å². The van der Waals surface area contributed by atoms with E-state index >= 15 is 0 Å². The fourth-order valence-corrected chi connectivity index (χ4v) is 3.80. The van der Waals surface area contributed by atoms with Gasteiger partial charge in [0.25, 0.3) is 0 Å². The van der Waals surface area contributed by atoms with Gasteiger partial charge in [-0.1, -0.05) is 36.4 Å². The molecule has 32 heavy (non-hydrogen) atoms. The molecule has 1 aliphatic rings. The number of hydrogen-bond donors (Lipinski definition) is 4. The molecule has 1 aliphatic heterocycles. The van der Waals surface area contributed by atoms with E-state index in [1.165, 1.54) is 5.56 Å². The molecule has 5 rings (SSSR count). The number of aromatic amines is 2. The van der Waals surface area contributed by atoms with Crippen molar-refractivity contribution in [2.24, 2.45) is 0 Å². The second kappa shape index (κ2) is 9.21. The van der Waals surface area contributed by atoms with Gasteiger partial charge >= 0.3 is 6.03 Å². The highest BCUT2D eigenvalue weighted by Crippen LogP contribution is 2.26. The van der Waals surface area contributed by atoms with Crippen molar-refractivity contribution in [1.82, 2.24) is 30.4 Å². The predicted octanol–water partition coefficient (Wildman–Crippen LogP) is 3.11. The molecule has 3 heterocycles. The number of benzene rings is 2. The third kappa shape index (κ3) is 4.63. The minimum absolute atomic E-state index is 0.305. The lowest BCUT2D eigenvalue weighted by Crippen LogP contribution is -2.35. The van der Waals surface area contributed by atoms with Crippen LogP contribution in [-0.4, -0.2) is 57.4 Å². The van der Waals surface area contributed by atoms with Crippen LogP contribution < -0.4 is 10.6 Å². The van der Waals surface area contributed by atoms with Crippen LogP contribution in [0, 0.1) is 0 Å². The summed E-state index contributed by atoms with van der Waals surface area (Å²) in [5, 5.41) is 12.7. The van der Waals surface area contributed by atoms with Crippen molar-refractivity contribution in [3.8, 4) is 11.5 Å². The Morgan fingerprint density at radius 2 is 1.94 bits per heavy atom. The van der Waals surface area contributed by atoms with Gasteiger partial charge in [-0.2, -0.15) is 5.10 Å². The smallest absolute Gasteiger partial charge is 0.319 e. The Morgan fingerprint density at radius 3 is 2.78 bits per heavy atom. The van der Waals surface area contributed by atoms with E-state index in [0.717, 1.165) is 49.4 Å². The lowest BCUT2D eigenvalue weighted by molar-refractivity contribution is 0.0342. The van der Waals surface area contributed by atoms with Gasteiger partial charge in [0.2, 0.25) is 0 Å². The monoisotopic (exact) mass is 431 g/mol. The maximum absolute atomic E-state index is 12.4. The quantitative estimate of drug-likeness (QED) is 0.375. The first-order valence-corrected chi connectivity index (χ1v) is 10.7. The van der Waals surface area contributed by atoms with Crippen LogP contribution in [0.2, 0.25) is 0 Å². The third-order valence-electron chi connectivity index (χ3n) is 5.48. The van der Waals surface area contributed by atoms with Crippen LogP contribution in [0.4, 0.5) is 10.5 Å². The number of urea groups is 1. The molecule has 2 aromatic heterocycles. The fraction of sp³-hybridized carbons (Fsp3) is 0.261. The number of imidazole rings is 1. The molecule has 0 saturated carbocycles. The van der Waals surface area contributed by atoms with Crippen LogP contribution in [0.1, 0.15) is 11.1 Å². The number of anilines is 1. The Bertz CT molecular complexity index is 1200. The predicted molar refractivity (Wildman–Crippen MR) is 122 cm³/mol. The van der Waals surface area contributed by atoms with E-state index in [1.807, 2.05) is 36.4 Å². The number of fused-ring (bicyclic) bond motifs is 1. The van der Waals surface area contributed by atoms with Crippen molar-refractivity contribution >= 4 is 22.8 Å². The Hall–Kier alpha value is -3.69. The van der Waals surface area contributed by atoms with Crippen molar-refractivity contribution in [2.75, 3.05) is 31.6 Å². The Morgan fingerprint density at radius 1 is 1.09 bits per heavy atom. The number of H-pyrrole nitrogens is 2. The van der Waals surface area contributed by atoms with E-state index in [-0.39, 0.29) is 6.03 Å². The molecule has 0 spiro atoms. The van der Waals surface area contributed by atoms with Gasteiger partial charge in [-0.15, -0.1) is 0 Å². The Kier molecular flexibility index (Phi) is 5.82. The van der Waals surface area contributed by atoms with Crippen molar-refractivity contribution in [3.05, 3.63) is 65.9 Å². The van der Waals surface area contributed by atoms with E-state index in [4.69, 9.17) is 4.74 Å². The van der Waals surface area contributed by atoms with E-state index in [2.05, 4.69) is 47.8 Å². The number of nitrogens with one attached hydrogen (secondary N) is 4. The van der Waals surface area contributed by atoms with E-state index in [0.29, 0.717) is 23.8 Å². The molecule has 0 aliphatic carbocycles. The zero-order chi connectivity index (χ0) is 21.8. The number of hydrogen-bond acceptors (Lipinski definition) is 5. The molecule has 0 atom stereocenters. The van der Waals surface area contributed by atoms with Gasteiger partial charge in [0.05, 0.1) is 36.1 Å². The molecular weight excluding hydrogens is 406 g/mol. The average molecular weight is 432 g/mol. The van der Waals surface area contributed by atoms with E-state index < -0.39 is 0 Å². The van der Waals surface area contributed by atoms with Crippen molar-refractivity contribution in [1.29, 1.82) is 0 Å². The van der Waals surface area contributed by atoms with Crippen molar-refractivity contribution in [2.45, 2.75) is 13.1 Å². The molecular formula is C23H25N7O2. The highest BCUT2D eigenvalue weighted by Gasteiger charge is 2.16. The van der Waals surface area contributed by atoms with E-state index in [9.17, 15) is 4.79 Å². The molecule has 2 aromatic carbocycles. The van der Waals surface area contributed by atoms with Gasteiger partial charge in [0.15, 0.2) is 5.82 Å². The molecule has 0 unspecified atom stereocenters. The molecule has 0 radical (unpaired) electrons. The molecule has 9 heteroatoms. The molecule has 0 bridgehead atoms. The number of nitrogens with zero attached hydrogens (tertiary/aromatic N) is 3. The van der Waals surface area contributed by atoms with E-state index in [1.54, 1.807) is 6.20 Å². The molecule has 4 aromatic rings. The summed E-state index contributed by atoms with van der Waals surface area (Å²) in [6.45, 7) is 4.78. The summed E-state index contributed by atoms with van der Waals surface area (Å²) in [5.41, 5.74) is 5.24. The highest BCUT2D eigenvalue weighted by atomic mass is 16.5. The average Bonchev–Trinajstić information content (AvgIpc) is 3.45. The van der Waals surface area contributed by atoms with Gasteiger partial charge in [-0.3, -0.25) is 10.00 Å². The standard InChI is InChI=1S/C23H25N7O2/c31-23(24-13-16-4-2-1-3-5-16)28-20-14-25-29-21(20)22-26-18-7-6-17(12-19(18)27-22)15-30-8-10-32-11-9-30/h1-7,12,14H,8-11,13,15H2,(H,25,29)(H,26,27)(H2,24,28,31). The molecule has 2 amide bonds. The topological polar surface area (TPSA) is 111 Å². The minimum Gasteiger partial charge on any atom is -0.379 e. The first-order chi connectivity index (χ1) is 15.7. The normalized spacial score (nSPS) is 14.5. The lowest BCUT2D eigenvalue weighted by Gasteiger charge is -2.26. The van der Waals surface area contributed by atoms with Crippen LogP contribution in [0.25, 0.3) is 22.6 Å². The summed E-state index contributed by atoms with van der Waals surface area (Å²) < 4.78 is 5.43. The van der Waals surface area contributed by atoms with Crippen LogP contribution >= 0.6 is 0 Å². The molecule has 1 saturated heterocycles. The summed E-state index contributed by atoms with van der Waals surface area (Å²) in [5.74, 6) is 0.624. The summed E-state index contributed by atoms with van der Waals surface area (Å²) in [6.07, 6.45) is 1.58.